The Bertz CT molecular complexity index is 642. The molecule has 0 bridgehead atoms. The largest absolute Gasteiger partial charge is 0.466 e. The van der Waals surface area contributed by atoms with Crippen LogP contribution in [0.15, 0.2) is 24.4 Å². The summed E-state index contributed by atoms with van der Waals surface area (Å²) in [5.74, 6) is -5.10. The number of hydrogen-bond donors (Lipinski definition) is 1. The van der Waals surface area contributed by atoms with Crippen molar-refractivity contribution in [3.63, 3.8) is 0 Å². The number of aliphatic hydroxyl groups is 1. The highest BCUT2D eigenvalue weighted by atomic mass is 16.5. The van der Waals surface area contributed by atoms with Crippen molar-refractivity contribution < 1.29 is 29.0 Å². The standard InChI is InChI=1S/C18H23NO6/c1-4-24-16(21)14-12(20)10-18(3,23)15(17(22)25-5-2)13(14)11-8-6-7-9-19-11/h6-9,13-15,23H,4-5,10H2,1-3H3. The van der Waals surface area contributed by atoms with Gasteiger partial charge in [-0.2, -0.15) is 0 Å². The number of carbonyl (C=O) groups excluding carboxylic acids is 3. The van der Waals surface area contributed by atoms with Crippen LogP contribution in [0.4, 0.5) is 0 Å². The third kappa shape index (κ3) is 3.87. The van der Waals surface area contributed by atoms with Crippen molar-refractivity contribution in [3.8, 4) is 0 Å². The molecule has 1 heterocycles. The predicted molar refractivity (Wildman–Crippen MR) is 87.5 cm³/mol. The first-order chi connectivity index (χ1) is 11.8. The molecule has 0 saturated heterocycles. The smallest absolute Gasteiger partial charge is 0.317 e. The number of esters is 2. The van der Waals surface area contributed by atoms with Crippen LogP contribution in [-0.2, 0) is 23.9 Å². The SMILES string of the molecule is CCOC(=O)C1C(=O)CC(C)(O)C(C(=O)OCC)C1c1ccccn1. The molecule has 1 aromatic rings. The summed E-state index contributed by atoms with van der Waals surface area (Å²) in [7, 11) is 0. The lowest BCUT2D eigenvalue weighted by Crippen LogP contribution is -2.55. The fourth-order valence-corrected chi connectivity index (χ4v) is 3.41. The molecule has 1 aromatic heterocycles. The van der Waals surface area contributed by atoms with E-state index in [9.17, 15) is 19.5 Å². The van der Waals surface area contributed by atoms with Crippen molar-refractivity contribution >= 4 is 17.7 Å². The van der Waals surface area contributed by atoms with Crippen molar-refractivity contribution in [2.45, 2.75) is 38.7 Å². The Hall–Kier alpha value is -2.28. The van der Waals surface area contributed by atoms with Crippen LogP contribution in [0.1, 0.15) is 38.8 Å². The number of hydrogen-bond acceptors (Lipinski definition) is 7. The monoisotopic (exact) mass is 349 g/mol. The van der Waals surface area contributed by atoms with Crippen molar-refractivity contribution in [2.75, 3.05) is 13.2 Å². The number of pyridine rings is 1. The van der Waals surface area contributed by atoms with Crippen LogP contribution in [0.2, 0.25) is 0 Å². The van der Waals surface area contributed by atoms with Gasteiger partial charge >= 0.3 is 11.9 Å². The number of carbonyl (C=O) groups is 3. The molecule has 1 aliphatic rings. The van der Waals surface area contributed by atoms with E-state index in [1.165, 1.54) is 13.1 Å². The second-order valence-corrected chi connectivity index (χ2v) is 6.24. The summed E-state index contributed by atoms with van der Waals surface area (Å²) in [5.41, 5.74) is -1.28. The van der Waals surface area contributed by atoms with E-state index in [-0.39, 0.29) is 19.6 Å². The Labute approximate surface area is 146 Å². The minimum absolute atomic E-state index is 0.109. The molecule has 0 aliphatic heterocycles. The first-order valence-corrected chi connectivity index (χ1v) is 8.32. The van der Waals surface area contributed by atoms with Gasteiger partial charge in [-0.05, 0) is 32.9 Å². The topological polar surface area (TPSA) is 103 Å². The van der Waals surface area contributed by atoms with E-state index in [1.807, 2.05) is 0 Å². The minimum atomic E-state index is -1.64. The third-order valence-electron chi connectivity index (χ3n) is 4.38. The van der Waals surface area contributed by atoms with Gasteiger partial charge in [0.2, 0.25) is 0 Å². The first-order valence-electron chi connectivity index (χ1n) is 8.32. The molecule has 2 rings (SSSR count). The van der Waals surface area contributed by atoms with E-state index in [2.05, 4.69) is 4.98 Å². The minimum Gasteiger partial charge on any atom is -0.466 e. The number of ether oxygens (including phenoxy) is 2. The van der Waals surface area contributed by atoms with Crippen LogP contribution >= 0.6 is 0 Å². The van der Waals surface area contributed by atoms with Crippen LogP contribution in [-0.4, -0.2) is 46.6 Å². The second-order valence-electron chi connectivity index (χ2n) is 6.24. The molecule has 0 amide bonds. The van der Waals surface area contributed by atoms with E-state index < -0.39 is 41.1 Å². The Morgan fingerprint density at radius 2 is 1.88 bits per heavy atom. The molecular formula is C18H23NO6. The zero-order valence-corrected chi connectivity index (χ0v) is 14.6. The maximum absolute atomic E-state index is 12.6. The molecule has 1 aliphatic carbocycles. The number of aromatic nitrogens is 1. The van der Waals surface area contributed by atoms with Crippen molar-refractivity contribution in [1.29, 1.82) is 0 Å². The first kappa shape index (κ1) is 19.1. The Morgan fingerprint density at radius 1 is 1.24 bits per heavy atom. The lowest BCUT2D eigenvalue weighted by Gasteiger charge is -2.43. The van der Waals surface area contributed by atoms with Gasteiger partial charge in [0.1, 0.15) is 5.92 Å². The average molecular weight is 349 g/mol. The molecule has 1 saturated carbocycles. The van der Waals surface area contributed by atoms with Crippen LogP contribution in [0.5, 0.6) is 0 Å². The Kier molecular flexibility index (Phi) is 5.89. The van der Waals surface area contributed by atoms with E-state index in [1.54, 1.807) is 32.0 Å². The highest BCUT2D eigenvalue weighted by Crippen LogP contribution is 2.46. The predicted octanol–water partition coefficient (Wildman–Crippen LogP) is 1.25. The third-order valence-corrected chi connectivity index (χ3v) is 4.38. The fraction of sp³-hybridized carbons (Fsp3) is 0.556. The quantitative estimate of drug-likeness (QED) is 0.630. The number of ketones is 1. The van der Waals surface area contributed by atoms with E-state index in [0.717, 1.165) is 0 Å². The summed E-state index contributed by atoms with van der Waals surface area (Å²) in [5, 5.41) is 10.8. The van der Waals surface area contributed by atoms with Gasteiger partial charge in [0.05, 0.1) is 24.7 Å². The number of nitrogens with zero attached hydrogens (tertiary/aromatic N) is 1. The Balaban J connectivity index is 2.57. The van der Waals surface area contributed by atoms with E-state index in [4.69, 9.17) is 9.47 Å². The lowest BCUT2D eigenvalue weighted by molar-refractivity contribution is -0.172. The summed E-state index contributed by atoms with van der Waals surface area (Å²) < 4.78 is 10.1. The van der Waals surface area contributed by atoms with Gasteiger partial charge in [-0.3, -0.25) is 19.4 Å². The fourth-order valence-electron chi connectivity index (χ4n) is 3.41. The molecule has 136 valence electrons. The van der Waals surface area contributed by atoms with Crippen LogP contribution in [0.3, 0.4) is 0 Å². The van der Waals surface area contributed by atoms with Gasteiger partial charge in [-0.25, -0.2) is 0 Å². The van der Waals surface area contributed by atoms with Gasteiger partial charge in [0.25, 0.3) is 0 Å². The molecule has 0 radical (unpaired) electrons. The maximum Gasteiger partial charge on any atom is 0.317 e. The molecule has 1 N–H and O–H groups in total. The van der Waals surface area contributed by atoms with Gasteiger partial charge in [0.15, 0.2) is 5.78 Å². The molecule has 0 aromatic carbocycles. The molecule has 7 heteroatoms. The summed E-state index contributed by atoms with van der Waals surface area (Å²) in [4.78, 5) is 41.8. The molecule has 1 fully saturated rings. The van der Waals surface area contributed by atoms with Crippen molar-refractivity contribution in [3.05, 3.63) is 30.1 Å². The van der Waals surface area contributed by atoms with Gasteiger partial charge in [-0.15, -0.1) is 0 Å². The summed E-state index contributed by atoms with van der Waals surface area (Å²) >= 11 is 0. The molecular weight excluding hydrogens is 326 g/mol. The number of Topliss-reactive ketones (excluding diaryl/α,β-unsaturated/α-hetero) is 1. The highest BCUT2D eigenvalue weighted by molar-refractivity contribution is 6.02. The number of rotatable bonds is 5. The van der Waals surface area contributed by atoms with Crippen molar-refractivity contribution in [2.24, 2.45) is 11.8 Å². The molecule has 7 nitrogen and oxygen atoms in total. The average Bonchev–Trinajstić information content (AvgIpc) is 2.54. The molecule has 0 spiro atoms. The van der Waals surface area contributed by atoms with Crippen LogP contribution in [0, 0.1) is 11.8 Å². The van der Waals surface area contributed by atoms with Crippen molar-refractivity contribution in [1.82, 2.24) is 4.98 Å². The highest BCUT2D eigenvalue weighted by Gasteiger charge is 2.57. The van der Waals surface area contributed by atoms with Crippen LogP contribution < -0.4 is 0 Å². The summed E-state index contributed by atoms with van der Waals surface area (Å²) in [6, 6.07) is 5.00. The van der Waals surface area contributed by atoms with E-state index in [0.29, 0.717) is 5.69 Å². The summed E-state index contributed by atoms with van der Waals surface area (Å²) in [6.45, 7) is 4.93. The van der Waals surface area contributed by atoms with E-state index >= 15 is 0 Å². The molecule has 4 atom stereocenters. The zero-order chi connectivity index (χ0) is 18.6. The molecule has 25 heavy (non-hydrogen) atoms. The summed E-state index contributed by atoms with van der Waals surface area (Å²) in [6.07, 6.45) is 1.18. The zero-order valence-electron chi connectivity index (χ0n) is 14.6. The molecule has 4 unspecified atom stereocenters. The van der Waals surface area contributed by atoms with Crippen LogP contribution in [0.25, 0.3) is 0 Å². The van der Waals surface area contributed by atoms with Gasteiger partial charge in [-0.1, -0.05) is 6.07 Å². The lowest BCUT2D eigenvalue weighted by atomic mass is 9.62. The van der Waals surface area contributed by atoms with Gasteiger partial charge in [0, 0.05) is 24.2 Å². The van der Waals surface area contributed by atoms with Gasteiger partial charge < -0.3 is 14.6 Å². The Morgan fingerprint density at radius 3 is 2.44 bits per heavy atom. The maximum atomic E-state index is 12.6. The second kappa shape index (κ2) is 7.74. The normalized spacial score (nSPS) is 29.1.